The fraction of sp³-hybridized carbons (Fsp3) is 1.00. The van der Waals surface area contributed by atoms with E-state index >= 15 is 0 Å². The number of piperazine rings is 1. The van der Waals surface area contributed by atoms with E-state index in [2.05, 4.69) is 23.6 Å². The summed E-state index contributed by atoms with van der Waals surface area (Å²) in [7, 11) is 0. The highest BCUT2D eigenvalue weighted by atomic mass is 19.3. The Hall–Kier alpha value is -0.220. The minimum atomic E-state index is -2.43. The molecule has 2 aliphatic heterocycles. The van der Waals surface area contributed by atoms with Crippen LogP contribution in [-0.4, -0.2) is 54.0 Å². The van der Waals surface area contributed by atoms with Gasteiger partial charge < -0.3 is 0 Å². The molecule has 0 radical (unpaired) electrons. The van der Waals surface area contributed by atoms with Crippen molar-refractivity contribution in [3.63, 3.8) is 0 Å². The highest BCUT2D eigenvalue weighted by Crippen LogP contribution is 2.33. The minimum Gasteiger partial charge on any atom is -0.298 e. The summed E-state index contributed by atoms with van der Waals surface area (Å²) in [6.07, 6.45) is 0.0986. The molecule has 2 rings (SSSR count). The number of hydrogen-bond acceptors (Lipinski definition) is 2. The van der Waals surface area contributed by atoms with E-state index in [1.807, 2.05) is 13.8 Å². The molecule has 0 aromatic heterocycles. The molecule has 0 N–H and O–H groups in total. The Morgan fingerprint density at radius 2 is 1.76 bits per heavy atom. The maximum atomic E-state index is 13.3. The van der Waals surface area contributed by atoms with Crippen molar-refractivity contribution in [3.8, 4) is 0 Å². The molecule has 0 saturated carbocycles. The molecule has 0 amide bonds. The Balaban J connectivity index is 0.000000686. The zero-order chi connectivity index (χ0) is 13.1. The first kappa shape index (κ1) is 14.8. The molecule has 2 saturated heterocycles. The number of nitrogens with zero attached hydrogens (tertiary/aromatic N) is 2. The van der Waals surface area contributed by atoms with Crippen LogP contribution in [0.4, 0.5) is 8.78 Å². The first-order valence-electron chi connectivity index (χ1n) is 6.84. The summed E-state index contributed by atoms with van der Waals surface area (Å²) in [5.41, 5.74) is 0. The van der Waals surface area contributed by atoms with Crippen molar-refractivity contribution in [3.05, 3.63) is 0 Å². The van der Waals surface area contributed by atoms with Gasteiger partial charge in [0.05, 0.1) is 0 Å². The predicted octanol–water partition coefficient (Wildman–Crippen LogP) is 2.84. The smallest absolute Gasteiger partial charge is 0.250 e. The third-order valence-corrected chi connectivity index (χ3v) is 3.67. The van der Waals surface area contributed by atoms with Crippen LogP contribution in [0.15, 0.2) is 0 Å². The van der Waals surface area contributed by atoms with E-state index in [9.17, 15) is 8.78 Å². The molecular weight excluding hydrogens is 222 g/mol. The molecule has 17 heavy (non-hydrogen) atoms. The van der Waals surface area contributed by atoms with Gasteiger partial charge in [-0.1, -0.05) is 13.8 Å². The zero-order valence-electron chi connectivity index (χ0n) is 11.5. The second-order valence-electron chi connectivity index (χ2n) is 5.09. The average molecular weight is 248 g/mol. The highest BCUT2D eigenvalue weighted by molar-refractivity contribution is 4.91. The lowest BCUT2D eigenvalue weighted by Crippen LogP contribution is -2.59. The summed E-state index contributed by atoms with van der Waals surface area (Å²) < 4.78 is 26.5. The lowest BCUT2D eigenvalue weighted by molar-refractivity contribution is -0.0977. The number of halogens is 2. The molecule has 2 nitrogen and oxygen atoms in total. The fourth-order valence-electron chi connectivity index (χ4n) is 2.63. The SMILES string of the molecule is CC.CC(C)N1CCN2CCC(F)(F)CC2C1. The van der Waals surface area contributed by atoms with Gasteiger partial charge in [0.15, 0.2) is 0 Å². The van der Waals surface area contributed by atoms with Gasteiger partial charge in [0.25, 0.3) is 5.92 Å². The predicted molar refractivity (Wildman–Crippen MR) is 67.6 cm³/mol. The van der Waals surface area contributed by atoms with Gasteiger partial charge in [-0.15, -0.1) is 0 Å². The lowest BCUT2D eigenvalue weighted by Gasteiger charge is -2.47. The summed E-state index contributed by atoms with van der Waals surface area (Å²) in [4.78, 5) is 4.54. The summed E-state index contributed by atoms with van der Waals surface area (Å²) in [5, 5.41) is 0. The van der Waals surface area contributed by atoms with Gasteiger partial charge in [-0.2, -0.15) is 0 Å². The lowest BCUT2D eigenvalue weighted by atomic mass is 9.96. The fourth-order valence-corrected chi connectivity index (χ4v) is 2.63. The molecule has 1 unspecified atom stereocenters. The number of fused-ring (bicyclic) bond motifs is 1. The maximum Gasteiger partial charge on any atom is 0.250 e. The Morgan fingerprint density at radius 1 is 1.12 bits per heavy atom. The summed E-state index contributed by atoms with van der Waals surface area (Å²) >= 11 is 0. The average Bonchev–Trinajstić information content (AvgIpc) is 2.29. The molecule has 0 aliphatic carbocycles. The number of alkyl halides is 2. The molecule has 2 fully saturated rings. The monoisotopic (exact) mass is 248 g/mol. The quantitative estimate of drug-likeness (QED) is 0.704. The minimum absolute atomic E-state index is 0.0468. The van der Waals surface area contributed by atoms with Gasteiger partial charge in [-0.3, -0.25) is 9.80 Å². The van der Waals surface area contributed by atoms with Crippen LogP contribution in [0.3, 0.4) is 0 Å². The Morgan fingerprint density at radius 3 is 2.35 bits per heavy atom. The van der Waals surface area contributed by atoms with E-state index < -0.39 is 5.92 Å². The van der Waals surface area contributed by atoms with Gasteiger partial charge in [0.2, 0.25) is 0 Å². The Kier molecular flexibility index (Phi) is 5.32. The molecular formula is C13H26F2N2. The molecule has 0 aromatic rings. The van der Waals surface area contributed by atoms with Crippen LogP contribution in [0.25, 0.3) is 0 Å². The standard InChI is InChI=1S/C11H20F2N2.C2H6/c1-9(2)15-6-5-14-4-3-11(12,13)7-10(14)8-15;1-2/h9-10H,3-8H2,1-2H3;1-2H3. The van der Waals surface area contributed by atoms with E-state index in [1.54, 1.807) is 0 Å². The molecule has 2 aliphatic rings. The van der Waals surface area contributed by atoms with Crippen LogP contribution in [0.1, 0.15) is 40.5 Å². The number of piperidine rings is 1. The van der Waals surface area contributed by atoms with E-state index in [0.29, 0.717) is 12.6 Å². The van der Waals surface area contributed by atoms with Gasteiger partial charge in [0.1, 0.15) is 0 Å². The maximum absolute atomic E-state index is 13.3. The zero-order valence-corrected chi connectivity index (χ0v) is 11.5. The number of hydrogen-bond donors (Lipinski definition) is 0. The van der Waals surface area contributed by atoms with E-state index in [4.69, 9.17) is 0 Å². The van der Waals surface area contributed by atoms with Crippen molar-refractivity contribution >= 4 is 0 Å². The van der Waals surface area contributed by atoms with E-state index in [-0.39, 0.29) is 18.9 Å². The normalized spacial score (nSPS) is 29.5. The van der Waals surface area contributed by atoms with Gasteiger partial charge in [-0.25, -0.2) is 8.78 Å². The van der Waals surface area contributed by atoms with Crippen molar-refractivity contribution in [2.24, 2.45) is 0 Å². The second kappa shape index (κ2) is 6.10. The molecule has 1 atom stereocenters. The first-order chi connectivity index (χ1) is 7.98. The molecule has 4 heteroatoms. The van der Waals surface area contributed by atoms with Crippen molar-refractivity contribution in [1.82, 2.24) is 9.80 Å². The van der Waals surface area contributed by atoms with Crippen LogP contribution < -0.4 is 0 Å². The van der Waals surface area contributed by atoms with Crippen molar-refractivity contribution < 1.29 is 8.78 Å². The Bertz CT molecular complexity index is 231. The third kappa shape index (κ3) is 3.88. The van der Waals surface area contributed by atoms with Crippen molar-refractivity contribution in [2.75, 3.05) is 26.2 Å². The highest BCUT2D eigenvalue weighted by Gasteiger charge is 2.42. The van der Waals surface area contributed by atoms with Gasteiger partial charge in [0, 0.05) is 51.1 Å². The van der Waals surface area contributed by atoms with Crippen LogP contribution in [0.5, 0.6) is 0 Å². The second-order valence-corrected chi connectivity index (χ2v) is 5.09. The molecule has 0 bridgehead atoms. The van der Waals surface area contributed by atoms with Crippen molar-refractivity contribution in [1.29, 1.82) is 0 Å². The first-order valence-corrected chi connectivity index (χ1v) is 6.84. The molecule has 0 aromatic carbocycles. The topological polar surface area (TPSA) is 6.48 Å². The van der Waals surface area contributed by atoms with Gasteiger partial charge in [-0.05, 0) is 13.8 Å². The van der Waals surface area contributed by atoms with Gasteiger partial charge >= 0.3 is 0 Å². The summed E-state index contributed by atoms with van der Waals surface area (Å²) in [6, 6.07) is 0.549. The van der Waals surface area contributed by atoms with Crippen LogP contribution >= 0.6 is 0 Å². The largest absolute Gasteiger partial charge is 0.298 e. The van der Waals surface area contributed by atoms with E-state index in [0.717, 1.165) is 19.6 Å². The summed E-state index contributed by atoms with van der Waals surface area (Å²) in [6.45, 7) is 11.6. The van der Waals surface area contributed by atoms with Crippen molar-refractivity contribution in [2.45, 2.75) is 58.5 Å². The van der Waals surface area contributed by atoms with Crippen LogP contribution in [0, 0.1) is 0 Å². The molecule has 102 valence electrons. The van der Waals surface area contributed by atoms with E-state index in [1.165, 1.54) is 0 Å². The summed E-state index contributed by atoms with van der Waals surface area (Å²) in [5.74, 6) is -2.43. The molecule has 2 heterocycles. The van der Waals surface area contributed by atoms with Crippen LogP contribution in [-0.2, 0) is 0 Å². The Labute approximate surface area is 104 Å². The molecule has 0 spiro atoms. The number of rotatable bonds is 1. The third-order valence-electron chi connectivity index (χ3n) is 3.67. The van der Waals surface area contributed by atoms with Crippen LogP contribution in [0.2, 0.25) is 0 Å².